The molecular formula is C24H21FN4O2S. The average molecular weight is 449 g/mol. The third-order valence-corrected chi connectivity index (χ3v) is 4.82. The molecule has 4 rings (SSSR count). The lowest BCUT2D eigenvalue weighted by atomic mass is 10.2. The summed E-state index contributed by atoms with van der Waals surface area (Å²) in [6.45, 7) is 2.60. The fraction of sp³-hybridized carbons (Fsp3) is 0.125. The first-order valence-corrected chi connectivity index (χ1v) is 10.5. The summed E-state index contributed by atoms with van der Waals surface area (Å²) in [6.07, 6.45) is 1.68. The van der Waals surface area contributed by atoms with E-state index in [-0.39, 0.29) is 12.4 Å². The van der Waals surface area contributed by atoms with Gasteiger partial charge in [-0.15, -0.1) is 0 Å². The van der Waals surface area contributed by atoms with Gasteiger partial charge >= 0.3 is 0 Å². The van der Waals surface area contributed by atoms with E-state index in [9.17, 15) is 4.39 Å². The minimum absolute atomic E-state index is 0.232. The zero-order chi connectivity index (χ0) is 22.3. The second-order valence-corrected chi connectivity index (χ2v) is 7.22. The van der Waals surface area contributed by atoms with Crippen molar-refractivity contribution in [1.82, 2.24) is 14.9 Å². The van der Waals surface area contributed by atoms with Gasteiger partial charge in [0.1, 0.15) is 12.4 Å². The van der Waals surface area contributed by atoms with Crippen LogP contribution in [0.1, 0.15) is 18.1 Å². The maximum atomic E-state index is 13.4. The Morgan fingerprint density at radius 1 is 1.03 bits per heavy atom. The van der Waals surface area contributed by atoms with E-state index >= 15 is 0 Å². The van der Waals surface area contributed by atoms with E-state index in [0.717, 1.165) is 16.7 Å². The molecule has 0 unspecified atom stereocenters. The zero-order valence-corrected chi connectivity index (χ0v) is 18.2. The Labute approximate surface area is 190 Å². The van der Waals surface area contributed by atoms with Crippen molar-refractivity contribution in [2.75, 3.05) is 6.61 Å². The molecule has 0 saturated heterocycles. The van der Waals surface area contributed by atoms with Crippen molar-refractivity contribution in [2.24, 2.45) is 5.10 Å². The van der Waals surface area contributed by atoms with Gasteiger partial charge in [-0.3, -0.25) is 0 Å². The van der Waals surface area contributed by atoms with Crippen molar-refractivity contribution < 1.29 is 13.9 Å². The Kier molecular flexibility index (Phi) is 6.72. The maximum absolute atomic E-state index is 13.4. The van der Waals surface area contributed by atoms with Gasteiger partial charge in [0.15, 0.2) is 17.3 Å². The molecule has 1 aromatic heterocycles. The number of hydrogen-bond acceptors (Lipinski definition) is 5. The normalized spacial score (nSPS) is 11.1. The van der Waals surface area contributed by atoms with E-state index in [1.807, 2.05) is 55.5 Å². The molecule has 3 aromatic carbocycles. The second-order valence-electron chi connectivity index (χ2n) is 6.83. The summed E-state index contributed by atoms with van der Waals surface area (Å²) in [6, 6.07) is 21.5. The van der Waals surface area contributed by atoms with Crippen LogP contribution in [-0.4, -0.2) is 27.7 Å². The van der Waals surface area contributed by atoms with Gasteiger partial charge in [-0.05, 0) is 60.6 Å². The lowest BCUT2D eigenvalue weighted by Gasteiger charge is -2.12. The highest BCUT2D eigenvalue weighted by Gasteiger charge is 2.09. The van der Waals surface area contributed by atoms with Gasteiger partial charge in [0, 0.05) is 5.56 Å². The summed E-state index contributed by atoms with van der Waals surface area (Å²) in [5.74, 6) is 1.47. The van der Waals surface area contributed by atoms with Crippen LogP contribution < -0.4 is 9.47 Å². The maximum Gasteiger partial charge on any atom is 0.216 e. The number of ether oxygens (including phenoxy) is 2. The predicted molar refractivity (Wildman–Crippen MR) is 124 cm³/mol. The molecule has 1 N–H and O–H groups in total. The van der Waals surface area contributed by atoms with Crippen LogP contribution in [0.5, 0.6) is 11.5 Å². The van der Waals surface area contributed by atoms with Gasteiger partial charge < -0.3 is 9.47 Å². The van der Waals surface area contributed by atoms with Crippen LogP contribution in [0.15, 0.2) is 77.9 Å². The van der Waals surface area contributed by atoms with Crippen molar-refractivity contribution in [3.8, 4) is 22.9 Å². The second kappa shape index (κ2) is 10.0. The molecule has 0 spiro atoms. The molecule has 6 nitrogen and oxygen atoms in total. The molecule has 32 heavy (non-hydrogen) atoms. The van der Waals surface area contributed by atoms with E-state index in [1.165, 1.54) is 12.1 Å². The first kappa shape index (κ1) is 21.5. The highest BCUT2D eigenvalue weighted by molar-refractivity contribution is 7.71. The van der Waals surface area contributed by atoms with Gasteiger partial charge in [0.05, 0.1) is 12.8 Å². The lowest BCUT2D eigenvalue weighted by molar-refractivity contribution is 0.269. The summed E-state index contributed by atoms with van der Waals surface area (Å²) in [5.41, 5.74) is 2.43. The Morgan fingerprint density at radius 2 is 1.88 bits per heavy atom. The Balaban J connectivity index is 1.56. The Hall–Kier alpha value is -3.78. The molecule has 0 amide bonds. The number of rotatable bonds is 8. The number of H-pyrrole nitrogens is 1. The van der Waals surface area contributed by atoms with Gasteiger partial charge in [-0.25, -0.2) is 9.49 Å². The van der Waals surface area contributed by atoms with Gasteiger partial charge in [-0.2, -0.15) is 14.9 Å². The number of nitrogens with zero attached hydrogens (tertiary/aromatic N) is 3. The average Bonchev–Trinajstić information content (AvgIpc) is 3.18. The molecule has 162 valence electrons. The summed E-state index contributed by atoms with van der Waals surface area (Å²) in [7, 11) is 0. The molecule has 4 aromatic rings. The predicted octanol–water partition coefficient (Wildman–Crippen LogP) is 5.61. The van der Waals surface area contributed by atoms with Crippen LogP contribution in [0.3, 0.4) is 0 Å². The molecular weight excluding hydrogens is 427 g/mol. The third-order valence-electron chi connectivity index (χ3n) is 4.56. The molecule has 0 radical (unpaired) electrons. The van der Waals surface area contributed by atoms with Crippen molar-refractivity contribution in [3.05, 3.63) is 94.5 Å². The summed E-state index contributed by atoms with van der Waals surface area (Å²) >= 11 is 5.33. The SMILES string of the molecule is CCOc1cc(/C=N\n2c(-c3ccccc3)n[nH]c2=S)ccc1OCc1cccc(F)c1. The van der Waals surface area contributed by atoms with Gasteiger partial charge in [0.25, 0.3) is 0 Å². The lowest BCUT2D eigenvalue weighted by Crippen LogP contribution is -2.01. The number of benzene rings is 3. The van der Waals surface area contributed by atoms with Crippen LogP contribution in [0.4, 0.5) is 4.39 Å². The fourth-order valence-electron chi connectivity index (χ4n) is 3.08. The number of nitrogens with one attached hydrogen (secondary N) is 1. The highest BCUT2D eigenvalue weighted by atomic mass is 32.1. The molecule has 0 aliphatic carbocycles. The largest absolute Gasteiger partial charge is 0.490 e. The van der Waals surface area contributed by atoms with Crippen LogP contribution in [0, 0.1) is 10.6 Å². The minimum atomic E-state index is -0.296. The molecule has 0 aliphatic rings. The quantitative estimate of drug-likeness (QED) is 0.281. The molecule has 0 fully saturated rings. The van der Waals surface area contributed by atoms with E-state index in [2.05, 4.69) is 15.3 Å². The van der Waals surface area contributed by atoms with Crippen molar-refractivity contribution in [2.45, 2.75) is 13.5 Å². The highest BCUT2D eigenvalue weighted by Crippen LogP contribution is 2.29. The van der Waals surface area contributed by atoms with Crippen LogP contribution in [0.25, 0.3) is 11.4 Å². The fourth-order valence-corrected chi connectivity index (χ4v) is 3.26. The van der Waals surface area contributed by atoms with Crippen LogP contribution in [0.2, 0.25) is 0 Å². The number of hydrogen-bond donors (Lipinski definition) is 1. The Morgan fingerprint density at radius 3 is 2.66 bits per heavy atom. The summed E-state index contributed by atoms with van der Waals surface area (Å²) < 4.78 is 27.0. The van der Waals surface area contributed by atoms with Gasteiger partial charge in [-0.1, -0.05) is 42.5 Å². The number of aromatic amines is 1. The Bertz CT molecular complexity index is 1280. The van der Waals surface area contributed by atoms with E-state index in [4.69, 9.17) is 21.7 Å². The summed E-state index contributed by atoms with van der Waals surface area (Å²) in [4.78, 5) is 0. The molecule has 1 heterocycles. The number of halogens is 1. The molecule has 0 bridgehead atoms. The van der Waals surface area contributed by atoms with Crippen LogP contribution >= 0.6 is 12.2 Å². The smallest absolute Gasteiger partial charge is 0.216 e. The third kappa shape index (κ3) is 5.09. The van der Waals surface area contributed by atoms with E-state index in [1.54, 1.807) is 23.0 Å². The first-order chi connectivity index (χ1) is 15.6. The standard InChI is InChI=1S/C24H21FN4O2S/c1-2-30-22-14-17(11-12-21(22)31-16-18-7-6-10-20(25)13-18)15-26-29-23(27-28-24(29)32)19-8-4-3-5-9-19/h3-15H,2,16H2,1H3,(H,28,32)/b26-15-. The van der Waals surface area contributed by atoms with Crippen molar-refractivity contribution in [3.63, 3.8) is 0 Å². The first-order valence-electron chi connectivity index (χ1n) is 10.1. The zero-order valence-electron chi connectivity index (χ0n) is 17.4. The molecule has 8 heteroatoms. The molecule has 0 aliphatic heterocycles. The topological polar surface area (TPSA) is 64.4 Å². The van der Waals surface area contributed by atoms with E-state index < -0.39 is 0 Å². The monoisotopic (exact) mass is 448 g/mol. The van der Waals surface area contributed by atoms with Crippen molar-refractivity contribution in [1.29, 1.82) is 0 Å². The molecule has 0 saturated carbocycles. The summed E-state index contributed by atoms with van der Waals surface area (Å²) in [5, 5.41) is 11.6. The number of aromatic nitrogens is 3. The van der Waals surface area contributed by atoms with Gasteiger partial charge in [0.2, 0.25) is 4.77 Å². The van der Waals surface area contributed by atoms with Crippen LogP contribution in [-0.2, 0) is 6.61 Å². The van der Waals surface area contributed by atoms with E-state index in [0.29, 0.717) is 28.7 Å². The molecule has 0 atom stereocenters. The minimum Gasteiger partial charge on any atom is -0.490 e. The van der Waals surface area contributed by atoms with Crippen molar-refractivity contribution >= 4 is 18.4 Å².